The highest BCUT2D eigenvalue weighted by Crippen LogP contribution is 2.48. The molecule has 7 nitrogen and oxygen atoms in total. The van der Waals surface area contributed by atoms with Crippen LogP contribution in [0.5, 0.6) is 0 Å². The number of aromatic nitrogens is 4. The van der Waals surface area contributed by atoms with Crippen molar-refractivity contribution in [2.24, 2.45) is 11.8 Å². The minimum Gasteiger partial charge on any atom is -0.339 e. The summed E-state index contributed by atoms with van der Waals surface area (Å²) in [6.07, 6.45) is 1.22. The van der Waals surface area contributed by atoms with Crippen molar-refractivity contribution in [2.45, 2.75) is 32.1 Å². The molecule has 3 unspecified atom stereocenters. The van der Waals surface area contributed by atoms with E-state index >= 15 is 0 Å². The van der Waals surface area contributed by atoms with Crippen LogP contribution in [0, 0.1) is 18.8 Å². The Morgan fingerprint density at radius 1 is 1.15 bits per heavy atom. The minimum atomic E-state index is -4.45. The quantitative estimate of drug-likeness (QED) is 0.595. The SMILES string of the molecule is Cc1ccc(-n2cccn2)c(C(=O)N2CC3CC3CC2N(C)c2ccc(C(F)(F)F)cn2)n1. The molecule has 1 saturated heterocycles. The Labute approximate surface area is 188 Å². The number of aryl methyl sites for hydroxylation is 1. The average molecular weight is 456 g/mol. The Morgan fingerprint density at radius 2 is 1.97 bits per heavy atom. The maximum Gasteiger partial charge on any atom is 0.417 e. The molecule has 172 valence electrons. The molecule has 0 bridgehead atoms. The molecule has 0 radical (unpaired) electrons. The van der Waals surface area contributed by atoms with Crippen LogP contribution in [0.4, 0.5) is 19.0 Å². The number of pyridine rings is 2. The smallest absolute Gasteiger partial charge is 0.339 e. The predicted molar refractivity (Wildman–Crippen MR) is 115 cm³/mol. The van der Waals surface area contributed by atoms with Gasteiger partial charge in [-0.3, -0.25) is 4.79 Å². The molecule has 0 spiro atoms. The molecule has 4 heterocycles. The van der Waals surface area contributed by atoms with Crippen LogP contribution in [0.2, 0.25) is 0 Å². The van der Waals surface area contributed by atoms with Crippen LogP contribution in [0.3, 0.4) is 0 Å². The lowest BCUT2D eigenvalue weighted by molar-refractivity contribution is -0.137. The van der Waals surface area contributed by atoms with E-state index < -0.39 is 11.7 Å². The van der Waals surface area contributed by atoms with E-state index in [0.29, 0.717) is 41.3 Å². The van der Waals surface area contributed by atoms with Crippen LogP contribution in [0.15, 0.2) is 48.9 Å². The molecule has 3 atom stereocenters. The van der Waals surface area contributed by atoms with Gasteiger partial charge in [0.05, 0.1) is 11.3 Å². The third-order valence-electron chi connectivity index (χ3n) is 6.49. The Hall–Kier alpha value is -3.43. The molecule has 1 amide bonds. The molecule has 2 fully saturated rings. The third-order valence-corrected chi connectivity index (χ3v) is 6.49. The van der Waals surface area contributed by atoms with Gasteiger partial charge >= 0.3 is 6.18 Å². The van der Waals surface area contributed by atoms with Gasteiger partial charge in [0.2, 0.25) is 0 Å². The zero-order valence-corrected chi connectivity index (χ0v) is 18.2. The second-order valence-corrected chi connectivity index (χ2v) is 8.71. The fourth-order valence-corrected chi connectivity index (χ4v) is 4.53. The highest BCUT2D eigenvalue weighted by molar-refractivity contribution is 5.96. The molecule has 33 heavy (non-hydrogen) atoms. The van der Waals surface area contributed by atoms with Crippen LogP contribution < -0.4 is 4.90 Å². The number of carbonyl (C=O) groups excluding carboxylic acids is 1. The van der Waals surface area contributed by atoms with Crippen molar-refractivity contribution in [2.75, 3.05) is 18.5 Å². The number of carbonyl (C=O) groups is 1. The van der Waals surface area contributed by atoms with E-state index in [0.717, 1.165) is 25.1 Å². The van der Waals surface area contributed by atoms with Crippen LogP contribution >= 0.6 is 0 Å². The van der Waals surface area contributed by atoms with Crippen LogP contribution in [-0.2, 0) is 6.18 Å². The molecule has 0 aromatic carbocycles. The number of alkyl halides is 3. The number of fused-ring (bicyclic) bond motifs is 1. The van der Waals surface area contributed by atoms with Crippen molar-refractivity contribution in [3.8, 4) is 5.69 Å². The fraction of sp³-hybridized carbons (Fsp3) is 0.391. The number of likely N-dealkylation sites (tertiary alicyclic amines) is 1. The Balaban J connectivity index is 1.47. The van der Waals surface area contributed by atoms with Crippen molar-refractivity contribution in [1.29, 1.82) is 0 Å². The molecule has 1 saturated carbocycles. The standard InChI is InChI=1S/C23H23F3N6O/c1-14-4-6-18(32-9-3-8-28-32)21(29-14)22(33)31-13-16-10-15(16)11-20(31)30(2)19-7-5-17(12-27-19)23(24,25)26/h3-9,12,15-16,20H,10-11,13H2,1-2H3. The summed E-state index contributed by atoms with van der Waals surface area (Å²) >= 11 is 0. The van der Waals surface area contributed by atoms with E-state index in [1.165, 1.54) is 6.07 Å². The first-order valence-corrected chi connectivity index (χ1v) is 10.8. The van der Waals surface area contributed by atoms with Gasteiger partial charge in [-0.05, 0) is 61.9 Å². The molecule has 1 aliphatic heterocycles. The normalized spacial score (nSPS) is 22.1. The number of rotatable bonds is 4. The summed E-state index contributed by atoms with van der Waals surface area (Å²) in [7, 11) is 1.77. The number of hydrogen-bond donors (Lipinski definition) is 0. The molecule has 0 N–H and O–H groups in total. The van der Waals surface area contributed by atoms with Crippen molar-refractivity contribution < 1.29 is 18.0 Å². The molecule has 10 heteroatoms. The Morgan fingerprint density at radius 3 is 2.64 bits per heavy atom. The van der Waals surface area contributed by atoms with E-state index in [2.05, 4.69) is 15.1 Å². The van der Waals surface area contributed by atoms with E-state index in [1.54, 1.807) is 40.0 Å². The first-order valence-electron chi connectivity index (χ1n) is 10.8. The second-order valence-electron chi connectivity index (χ2n) is 8.71. The highest BCUT2D eigenvalue weighted by Gasteiger charge is 2.49. The summed E-state index contributed by atoms with van der Waals surface area (Å²) in [6.45, 7) is 2.40. The monoisotopic (exact) mass is 456 g/mol. The zero-order valence-electron chi connectivity index (χ0n) is 18.2. The highest BCUT2D eigenvalue weighted by atomic mass is 19.4. The minimum absolute atomic E-state index is 0.224. The summed E-state index contributed by atoms with van der Waals surface area (Å²) in [5, 5.41) is 4.25. The van der Waals surface area contributed by atoms with Crippen LogP contribution in [0.25, 0.3) is 5.69 Å². The number of piperidine rings is 1. The fourth-order valence-electron chi connectivity index (χ4n) is 4.53. The molecular formula is C23H23F3N6O. The summed E-state index contributed by atoms with van der Waals surface area (Å²) in [5.41, 5.74) is 0.801. The van der Waals surface area contributed by atoms with E-state index in [4.69, 9.17) is 0 Å². The lowest BCUT2D eigenvalue weighted by Gasteiger charge is -2.41. The van der Waals surface area contributed by atoms with Gasteiger partial charge < -0.3 is 9.80 Å². The van der Waals surface area contributed by atoms with Gasteiger partial charge in [-0.15, -0.1) is 0 Å². The van der Waals surface area contributed by atoms with Crippen LogP contribution in [0.1, 0.15) is 34.6 Å². The van der Waals surface area contributed by atoms with Crippen molar-refractivity contribution in [3.05, 3.63) is 65.9 Å². The lowest BCUT2D eigenvalue weighted by atomic mass is 10.1. The number of amides is 1. The predicted octanol–water partition coefficient (Wildman–Crippen LogP) is 3.93. The molecule has 1 aliphatic carbocycles. The molecule has 5 rings (SSSR count). The topological polar surface area (TPSA) is 67.2 Å². The maximum atomic E-state index is 13.8. The van der Waals surface area contributed by atoms with Crippen molar-refractivity contribution in [1.82, 2.24) is 24.6 Å². The summed E-state index contributed by atoms with van der Waals surface area (Å²) in [6, 6.07) is 7.80. The van der Waals surface area contributed by atoms with Crippen molar-refractivity contribution in [3.63, 3.8) is 0 Å². The van der Waals surface area contributed by atoms with E-state index in [-0.39, 0.29) is 12.1 Å². The van der Waals surface area contributed by atoms with E-state index in [1.807, 2.05) is 19.1 Å². The lowest BCUT2D eigenvalue weighted by Crippen LogP contribution is -2.53. The molecular weight excluding hydrogens is 433 g/mol. The zero-order chi connectivity index (χ0) is 23.3. The van der Waals surface area contributed by atoms with Crippen LogP contribution in [-0.4, -0.2) is 50.3 Å². The molecule has 3 aromatic rings. The number of nitrogens with zero attached hydrogens (tertiary/aromatic N) is 6. The molecule has 3 aromatic heterocycles. The largest absolute Gasteiger partial charge is 0.417 e. The van der Waals surface area contributed by atoms with Gasteiger partial charge in [0.1, 0.15) is 12.0 Å². The van der Waals surface area contributed by atoms with Gasteiger partial charge in [-0.1, -0.05) is 0 Å². The summed E-state index contributed by atoms with van der Waals surface area (Å²) in [4.78, 5) is 25.9. The van der Waals surface area contributed by atoms with E-state index in [9.17, 15) is 18.0 Å². The number of hydrogen-bond acceptors (Lipinski definition) is 5. The van der Waals surface area contributed by atoms with Gasteiger partial charge in [0, 0.05) is 37.9 Å². The Kier molecular flexibility index (Phi) is 5.10. The first kappa shape index (κ1) is 21.4. The van der Waals surface area contributed by atoms with Gasteiger partial charge in [-0.25, -0.2) is 14.6 Å². The number of anilines is 1. The Bertz CT molecular complexity index is 1160. The summed E-state index contributed by atoms with van der Waals surface area (Å²) in [5.74, 6) is 1.11. The van der Waals surface area contributed by atoms with Gasteiger partial charge in [-0.2, -0.15) is 18.3 Å². The maximum absolute atomic E-state index is 13.8. The third kappa shape index (κ3) is 4.05. The number of halogens is 3. The first-order chi connectivity index (χ1) is 15.7. The summed E-state index contributed by atoms with van der Waals surface area (Å²) < 4.78 is 40.5. The van der Waals surface area contributed by atoms with Gasteiger partial charge in [0.15, 0.2) is 5.69 Å². The van der Waals surface area contributed by atoms with Crippen molar-refractivity contribution >= 4 is 11.7 Å². The van der Waals surface area contributed by atoms with Gasteiger partial charge in [0.25, 0.3) is 5.91 Å². The second kappa shape index (κ2) is 7.86. The molecule has 2 aliphatic rings. The average Bonchev–Trinajstić information content (AvgIpc) is 3.35.